The van der Waals surface area contributed by atoms with E-state index in [4.69, 9.17) is 8.83 Å². The average molecular weight is 324 g/mol. The average Bonchev–Trinajstić information content (AvgIpc) is 3.27. The summed E-state index contributed by atoms with van der Waals surface area (Å²) >= 11 is 0. The number of amides is 1. The smallest absolute Gasteiger partial charge is 0.234 e. The molecule has 5 heteroatoms. The molecule has 0 atom stereocenters. The summed E-state index contributed by atoms with van der Waals surface area (Å²) < 4.78 is 10.6. The van der Waals surface area contributed by atoms with Crippen molar-refractivity contribution in [3.05, 3.63) is 84.2 Å². The summed E-state index contributed by atoms with van der Waals surface area (Å²) in [6.45, 7) is 1.94. The number of hydrogen-bond donors (Lipinski definition) is 1. The molecule has 0 radical (unpaired) electrons. The van der Waals surface area contributed by atoms with Gasteiger partial charge in [0.05, 0.1) is 32.2 Å². The fourth-order valence-corrected chi connectivity index (χ4v) is 2.49. The van der Waals surface area contributed by atoms with Gasteiger partial charge in [0.1, 0.15) is 11.5 Å². The lowest BCUT2D eigenvalue weighted by molar-refractivity contribution is -0.122. The molecule has 3 rings (SSSR count). The van der Waals surface area contributed by atoms with Crippen molar-refractivity contribution in [3.8, 4) is 0 Å². The quantitative estimate of drug-likeness (QED) is 0.691. The number of rotatable bonds is 8. The largest absolute Gasteiger partial charge is 0.468 e. The molecule has 0 saturated heterocycles. The summed E-state index contributed by atoms with van der Waals surface area (Å²) in [5.41, 5.74) is 1.16. The van der Waals surface area contributed by atoms with E-state index in [0.717, 1.165) is 17.1 Å². The van der Waals surface area contributed by atoms with E-state index >= 15 is 0 Å². The molecule has 124 valence electrons. The standard InChI is InChI=1S/C19H20N2O3/c22-19(20-12-17-8-4-10-23-17)15-21(14-18-9-5-11-24-18)13-16-6-2-1-3-7-16/h1-11H,12-15H2,(H,20,22). The predicted molar refractivity (Wildman–Crippen MR) is 89.8 cm³/mol. The van der Waals surface area contributed by atoms with E-state index in [1.54, 1.807) is 18.6 Å². The highest BCUT2D eigenvalue weighted by Gasteiger charge is 2.13. The van der Waals surface area contributed by atoms with Gasteiger partial charge in [-0.15, -0.1) is 0 Å². The van der Waals surface area contributed by atoms with Crippen molar-refractivity contribution in [1.82, 2.24) is 10.2 Å². The van der Waals surface area contributed by atoms with Crippen LogP contribution in [0.25, 0.3) is 0 Å². The van der Waals surface area contributed by atoms with Crippen LogP contribution in [0.2, 0.25) is 0 Å². The number of nitrogens with zero attached hydrogens (tertiary/aromatic N) is 1. The zero-order valence-electron chi connectivity index (χ0n) is 13.4. The zero-order chi connectivity index (χ0) is 16.6. The summed E-state index contributed by atoms with van der Waals surface area (Å²) in [6.07, 6.45) is 3.24. The lowest BCUT2D eigenvalue weighted by Gasteiger charge is -2.20. The van der Waals surface area contributed by atoms with Crippen LogP contribution in [0, 0.1) is 0 Å². The minimum Gasteiger partial charge on any atom is -0.468 e. The number of hydrogen-bond acceptors (Lipinski definition) is 4. The van der Waals surface area contributed by atoms with Crippen molar-refractivity contribution in [2.24, 2.45) is 0 Å². The Morgan fingerprint density at radius 1 is 0.875 bits per heavy atom. The Hall–Kier alpha value is -2.79. The lowest BCUT2D eigenvalue weighted by Crippen LogP contribution is -2.36. The van der Waals surface area contributed by atoms with Gasteiger partial charge < -0.3 is 14.2 Å². The van der Waals surface area contributed by atoms with Crippen molar-refractivity contribution >= 4 is 5.91 Å². The summed E-state index contributed by atoms with van der Waals surface area (Å²) in [4.78, 5) is 14.3. The van der Waals surface area contributed by atoms with Crippen molar-refractivity contribution in [3.63, 3.8) is 0 Å². The van der Waals surface area contributed by atoms with Crippen LogP contribution in [0.3, 0.4) is 0 Å². The molecule has 2 heterocycles. The van der Waals surface area contributed by atoms with Gasteiger partial charge in [-0.2, -0.15) is 0 Å². The first-order valence-electron chi connectivity index (χ1n) is 7.87. The van der Waals surface area contributed by atoms with Gasteiger partial charge in [0.25, 0.3) is 0 Å². The van der Waals surface area contributed by atoms with Crippen LogP contribution >= 0.6 is 0 Å². The van der Waals surface area contributed by atoms with E-state index < -0.39 is 0 Å². The molecule has 3 aromatic rings. The Morgan fingerprint density at radius 3 is 2.25 bits per heavy atom. The Labute approximate surface area is 140 Å². The minimum atomic E-state index is -0.0473. The third kappa shape index (κ3) is 4.86. The highest BCUT2D eigenvalue weighted by atomic mass is 16.3. The van der Waals surface area contributed by atoms with E-state index in [0.29, 0.717) is 19.6 Å². The molecule has 0 bridgehead atoms. The topological polar surface area (TPSA) is 58.6 Å². The second-order valence-corrected chi connectivity index (χ2v) is 5.57. The van der Waals surface area contributed by atoms with Gasteiger partial charge in [-0.25, -0.2) is 0 Å². The first-order chi connectivity index (χ1) is 11.8. The number of benzene rings is 1. The van der Waals surface area contributed by atoms with E-state index in [1.807, 2.05) is 41.3 Å². The number of nitrogens with one attached hydrogen (secondary N) is 1. The molecule has 0 unspecified atom stereocenters. The van der Waals surface area contributed by atoms with Crippen LogP contribution in [0.15, 0.2) is 76.0 Å². The fourth-order valence-electron chi connectivity index (χ4n) is 2.49. The van der Waals surface area contributed by atoms with Gasteiger partial charge in [-0.1, -0.05) is 30.3 Å². The summed E-state index contributed by atoms with van der Waals surface area (Å²) in [7, 11) is 0. The molecule has 5 nitrogen and oxygen atoms in total. The number of carbonyl (C=O) groups excluding carboxylic acids is 1. The first kappa shape index (κ1) is 16.1. The molecule has 0 spiro atoms. The fraction of sp³-hybridized carbons (Fsp3) is 0.211. The third-order valence-electron chi connectivity index (χ3n) is 3.62. The molecular formula is C19H20N2O3. The monoisotopic (exact) mass is 324 g/mol. The molecule has 1 N–H and O–H groups in total. The maximum atomic E-state index is 12.2. The van der Waals surface area contributed by atoms with Crippen LogP contribution in [-0.4, -0.2) is 17.4 Å². The molecule has 2 aromatic heterocycles. The van der Waals surface area contributed by atoms with Crippen LogP contribution in [0.1, 0.15) is 17.1 Å². The Bertz CT molecular complexity index is 721. The van der Waals surface area contributed by atoms with E-state index in [2.05, 4.69) is 17.4 Å². The molecule has 0 aliphatic rings. The molecular weight excluding hydrogens is 304 g/mol. The van der Waals surface area contributed by atoms with Crippen LogP contribution < -0.4 is 5.32 Å². The van der Waals surface area contributed by atoms with Gasteiger partial charge in [-0.3, -0.25) is 9.69 Å². The molecule has 0 fully saturated rings. The second kappa shape index (κ2) is 8.17. The Kier molecular flexibility index (Phi) is 5.48. The van der Waals surface area contributed by atoms with Gasteiger partial charge >= 0.3 is 0 Å². The van der Waals surface area contributed by atoms with Gasteiger partial charge in [0, 0.05) is 6.54 Å². The van der Waals surface area contributed by atoms with E-state index in [-0.39, 0.29) is 12.5 Å². The Balaban J connectivity index is 1.59. The minimum absolute atomic E-state index is 0.0473. The van der Waals surface area contributed by atoms with E-state index in [1.165, 1.54) is 0 Å². The molecule has 0 saturated carbocycles. The van der Waals surface area contributed by atoms with E-state index in [9.17, 15) is 4.79 Å². The van der Waals surface area contributed by atoms with Crippen molar-refractivity contribution in [2.45, 2.75) is 19.6 Å². The number of carbonyl (C=O) groups is 1. The summed E-state index contributed by atoms with van der Waals surface area (Å²) in [5, 5.41) is 2.88. The molecule has 1 amide bonds. The third-order valence-corrected chi connectivity index (χ3v) is 3.62. The SMILES string of the molecule is O=C(CN(Cc1ccccc1)Cc1ccco1)NCc1ccco1. The molecule has 1 aromatic carbocycles. The highest BCUT2D eigenvalue weighted by Crippen LogP contribution is 2.10. The van der Waals surface area contributed by atoms with Gasteiger partial charge in [0.2, 0.25) is 5.91 Å². The Morgan fingerprint density at radius 2 is 1.58 bits per heavy atom. The molecule has 24 heavy (non-hydrogen) atoms. The van der Waals surface area contributed by atoms with Gasteiger partial charge in [-0.05, 0) is 29.8 Å². The molecule has 0 aliphatic carbocycles. The first-order valence-corrected chi connectivity index (χ1v) is 7.87. The van der Waals surface area contributed by atoms with Gasteiger partial charge in [0.15, 0.2) is 0 Å². The second-order valence-electron chi connectivity index (χ2n) is 5.57. The highest BCUT2D eigenvalue weighted by molar-refractivity contribution is 5.77. The summed E-state index contributed by atoms with van der Waals surface area (Å²) in [5.74, 6) is 1.53. The van der Waals surface area contributed by atoms with Crippen LogP contribution in [0.4, 0.5) is 0 Å². The molecule has 0 aliphatic heterocycles. The lowest BCUT2D eigenvalue weighted by atomic mass is 10.2. The van der Waals surface area contributed by atoms with Crippen LogP contribution in [-0.2, 0) is 24.4 Å². The summed E-state index contributed by atoms with van der Waals surface area (Å²) in [6, 6.07) is 17.5. The predicted octanol–water partition coefficient (Wildman–Crippen LogP) is 3.19. The van der Waals surface area contributed by atoms with Crippen molar-refractivity contribution in [2.75, 3.05) is 6.54 Å². The maximum Gasteiger partial charge on any atom is 0.234 e. The maximum absolute atomic E-state index is 12.2. The number of furan rings is 2. The zero-order valence-corrected chi connectivity index (χ0v) is 13.4. The van der Waals surface area contributed by atoms with Crippen molar-refractivity contribution in [1.29, 1.82) is 0 Å². The van der Waals surface area contributed by atoms with Crippen molar-refractivity contribution < 1.29 is 13.6 Å². The van der Waals surface area contributed by atoms with Crippen LogP contribution in [0.5, 0.6) is 0 Å². The normalized spacial score (nSPS) is 10.9.